The average molecular weight is 488 g/mol. The van der Waals surface area contributed by atoms with Crippen molar-refractivity contribution in [1.29, 1.82) is 5.26 Å². The van der Waals surface area contributed by atoms with Crippen LogP contribution in [0.2, 0.25) is 0 Å². The molecule has 0 unspecified atom stereocenters. The summed E-state index contributed by atoms with van der Waals surface area (Å²) in [4.78, 5) is 14.7. The number of hydrogen-bond acceptors (Lipinski definition) is 5. The van der Waals surface area contributed by atoms with E-state index in [1.54, 1.807) is 4.90 Å². The third-order valence-electron chi connectivity index (χ3n) is 5.24. The third kappa shape index (κ3) is 3.62. The maximum absolute atomic E-state index is 13.0. The van der Waals surface area contributed by atoms with Crippen LogP contribution in [0.4, 0.5) is 0 Å². The molecule has 1 aromatic heterocycles. The first kappa shape index (κ1) is 20.6. The monoisotopic (exact) mass is 487 g/mol. The van der Waals surface area contributed by atoms with Crippen molar-refractivity contribution in [2.45, 2.75) is 11.8 Å². The number of halogens is 1. The number of piperazine rings is 1. The van der Waals surface area contributed by atoms with Crippen molar-refractivity contribution in [2.24, 2.45) is 0 Å². The number of amides is 1. The van der Waals surface area contributed by atoms with E-state index in [2.05, 4.69) is 15.9 Å². The van der Waals surface area contributed by atoms with Crippen molar-refractivity contribution in [3.63, 3.8) is 0 Å². The second kappa shape index (κ2) is 7.87. The fourth-order valence-electron chi connectivity index (χ4n) is 3.52. The highest BCUT2D eigenvalue weighted by Crippen LogP contribution is 2.29. The first-order valence-corrected chi connectivity index (χ1v) is 11.5. The number of rotatable bonds is 3. The zero-order chi connectivity index (χ0) is 21.5. The molecule has 4 rings (SSSR count). The Morgan fingerprint density at radius 1 is 1.10 bits per heavy atom. The minimum Gasteiger partial charge on any atom is -0.451 e. The molecule has 1 saturated heterocycles. The Morgan fingerprint density at radius 2 is 1.77 bits per heavy atom. The Balaban J connectivity index is 1.49. The van der Waals surface area contributed by atoms with E-state index >= 15 is 0 Å². The molecule has 2 heterocycles. The molecule has 1 amide bonds. The molecule has 2 aromatic carbocycles. The van der Waals surface area contributed by atoms with E-state index in [4.69, 9.17) is 9.68 Å². The molecule has 0 radical (unpaired) electrons. The van der Waals surface area contributed by atoms with Gasteiger partial charge in [-0.05, 0) is 49.4 Å². The van der Waals surface area contributed by atoms with E-state index in [1.807, 2.05) is 31.2 Å². The third-order valence-corrected chi connectivity index (χ3v) is 7.65. The van der Waals surface area contributed by atoms with Gasteiger partial charge in [0.25, 0.3) is 5.91 Å². The maximum Gasteiger partial charge on any atom is 0.289 e. The quantitative estimate of drug-likeness (QED) is 0.563. The van der Waals surface area contributed by atoms with Crippen LogP contribution in [0.1, 0.15) is 21.7 Å². The Kier molecular flexibility index (Phi) is 5.40. The molecule has 1 aliphatic heterocycles. The molecule has 9 heteroatoms. The van der Waals surface area contributed by atoms with Gasteiger partial charge < -0.3 is 9.32 Å². The van der Waals surface area contributed by atoms with E-state index in [0.29, 0.717) is 11.1 Å². The smallest absolute Gasteiger partial charge is 0.289 e. The van der Waals surface area contributed by atoms with Gasteiger partial charge in [0.15, 0.2) is 5.76 Å². The highest BCUT2D eigenvalue weighted by Gasteiger charge is 2.32. The van der Waals surface area contributed by atoms with E-state index < -0.39 is 10.0 Å². The van der Waals surface area contributed by atoms with Crippen molar-refractivity contribution in [3.8, 4) is 6.07 Å². The van der Waals surface area contributed by atoms with Crippen molar-refractivity contribution in [2.75, 3.05) is 26.2 Å². The second-order valence-electron chi connectivity index (χ2n) is 7.03. The predicted molar refractivity (Wildman–Crippen MR) is 114 cm³/mol. The largest absolute Gasteiger partial charge is 0.451 e. The summed E-state index contributed by atoms with van der Waals surface area (Å²) in [5, 5.41) is 9.75. The van der Waals surface area contributed by atoms with Crippen LogP contribution >= 0.6 is 15.9 Å². The van der Waals surface area contributed by atoms with Gasteiger partial charge in [-0.3, -0.25) is 4.79 Å². The number of nitriles is 1. The van der Waals surface area contributed by atoms with Crippen LogP contribution in [0, 0.1) is 18.3 Å². The number of sulfonamides is 1. The number of aryl methyl sites for hydroxylation is 1. The SMILES string of the molecule is Cc1c(C(=O)N2CCN(S(=O)(=O)c3ccc(C#N)cc3)CC2)oc2ccc(Br)cc12. The lowest BCUT2D eigenvalue weighted by Gasteiger charge is -2.33. The molecule has 0 N–H and O–H groups in total. The van der Waals surface area contributed by atoms with Gasteiger partial charge >= 0.3 is 0 Å². The summed E-state index contributed by atoms with van der Waals surface area (Å²) in [5.74, 6) is 0.0433. The molecule has 0 atom stereocenters. The predicted octanol–water partition coefficient (Wildman–Crippen LogP) is 3.52. The van der Waals surface area contributed by atoms with Gasteiger partial charge in [-0.25, -0.2) is 8.42 Å². The van der Waals surface area contributed by atoms with E-state index in [-0.39, 0.29) is 42.7 Å². The highest BCUT2D eigenvalue weighted by molar-refractivity contribution is 9.10. The minimum absolute atomic E-state index is 0.139. The van der Waals surface area contributed by atoms with Gasteiger partial charge in [0.1, 0.15) is 5.58 Å². The van der Waals surface area contributed by atoms with Crippen molar-refractivity contribution in [3.05, 3.63) is 63.8 Å². The number of furan rings is 1. The molecule has 3 aromatic rings. The number of fused-ring (bicyclic) bond motifs is 1. The van der Waals surface area contributed by atoms with Gasteiger partial charge in [0.05, 0.1) is 16.5 Å². The number of benzene rings is 2. The van der Waals surface area contributed by atoms with Crippen LogP contribution in [0.5, 0.6) is 0 Å². The summed E-state index contributed by atoms with van der Waals surface area (Å²) in [5.41, 5.74) is 1.81. The van der Waals surface area contributed by atoms with Gasteiger partial charge in [0.2, 0.25) is 10.0 Å². The first-order valence-electron chi connectivity index (χ1n) is 9.29. The molecular formula is C21H18BrN3O4S. The van der Waals surface area contributed by atoms with Crippen LogP contribution in [-0.4, -0.2) is 49.7 Å². The summed E-state index contributed by atoms with van der Waals surface area (Å²) in [6.07, 6.45) is 0. The van der Waals surface area contributed by atoms with Gasteiger partial charge in [-0.15, -0.1) is 0 Å². The molecule has 1 aliphatic rings. The highest BCUT2D eigenvalue weighted by atomic mass is 79.9. The van der Waals surface area contributed by atoms with Gasteiger partial charge in [-0.1, -0.05) is 15.9 Å². The molecule has 154 valence electrons. The summed E-state index contributed by atoms with van der Waals surface area (Å²) in [6, 6.07) is 13.4. The summed E-state index contributed by atoms with van der Waals surface area (Å²) in [7, 11) is -3.68. The lowest BCUT2D eigenvalue weighted by atomic mass is 10.1. The topological polar surface area (TPSA) is 94.6 Å². The molecule has 0 saturated carbocycles. The fraction of sp³-hybridized carbons (Fsp3) is 0.238. The summed E-state index contributed by atoms with van der Waals surface area (Å²) >= 11 is 3.43. The van der Waals surface area contributed by atoms with Crippen molar-refractivity contribution < 1.29 is 17.6 Å². The van der Waals surface area contributed by atoms with Crippen LogP contribution < -0.4 is 0 Å². The molecule has 1 fully saturated rings. The van der Waals surface area contributed by atoms with Gasteiger partial charge in [0, 0.05) is 41.6 Å². The first-order chi connectivity index (χ1) is 14.3. The van der Waals surface area contributed by atoms with Crippen LogP contribution in [0.3, 0.4) is 0 Å². The second-order valence-corrected chi connectivity index (χ2v) is 9.88. The minimum atomic E-state index is -3.68. The lowest BCUT2D eigenvalue weighted by molar-refractivity contribution is 0.0667. The summed E-state index contributed by atoms with van der Waals surface area (Å²) in [6.45, 7) is 2.78. The van der Waals surface area contributed by atoms with E-state index in [1.165, 1.54) is 28.6 Å². The lowest BCUT2D eigenvalue weighted by Crippen LogP contribution is -2.50. The Hall–Kier alpha value is -2.67. The van der Waals surface area contributed by atoms with Crippen LogP contribution in [0.15, 0.2) is 56.2 Å². The fourth-order valence-corrected chi connectivity index (χ4v) is 5.31. The standard InChI is InChI=1S/C21H18BrN3O4S/c1-14-18-12-16(22)4-7-19(18)29-20(14)21(26)24-8-10-25(11-9-24)30(27,28)17-5-2-15(13-23)3-6-17/h2-7,12H,8-11H2,1H3. The molecule has 30 heavy (non-hydrogen) atoms. The zero-order valence-corrected chi connectivity index (χ0v) is 18.5. The van der Waals surface area contributed by atoms with Crippen molar-refractivity contribution >= 4 is 42.8 Å². The Labute approximate surface area is 182 Å². The normalized spacial score (nSPS) is 15.3. The number of hydrogen-bond donors (Lipinski definition) is 0. The maximum atomic E-state index is 13.0. The zero-order valence-electron chi connectivity index (χ0n) is 16.1. The molecule has 0 aliphatic carbocycles. The summed E-state index contributed by atoms with van der Waals surface area (Å²) < 4.78 is 33.8. The van der Waals surface area contributed by atoms with Crippen molar-refractivity contribution in [1.82, 2.24) is 9.21 Å². The molecule has 7 nitrogen and oxygen atoms in total. The van der Waals surface area contributed by atoms with Crippen LogP contribution in [0.25, 0.3) is 11.0 Å². The Morgan fingerprint density at radius 3 is 2.40 bits per heavy atom. The molecule has 0 bridgehead atoms. The van der Waals surface area contributed by atoms with E-state index in [9.17, 15) is 13.2 Å². The number of nitrogens with zero attached hydrogens (tertiary/aromatic N) is 3. The molecular weight excluding hydrogens is 470 g/mol. The van der Waals surface area contributed by atoms with E-state index in [0.717, 1.165) is 15.4 Å². The number of carbonyl (C=O) groups is 1. The van der Waals surface area contributed by atoms with Crippen LogP contribution in [-0.2, 0) is 10.0 Å². The Bertz CT molecular complexity index is 1270. The number of carbonyl (C=O) groups excluding carboxylic acids is 1. The molecule has 0 spiro atoms. The average Bonchev–Trinajstić information content (AvgIpc) is 3.09. The van der Waals surface area contributed by atoms with Gasteiger partial charge in [-0.2, -0.15) is 9.57 Å².